The Kier molecular flexibility index (Phi) is 5.28. The number of anilines is 2. The molecule has 5 nitrogen and oxygen atoms in total. The van der Waals surface area contributed by atoms with Gasteiger partial charge in [0.15, 0.2) is 0 Å². The van der Waals surface area contributed by atoms with Gasteiger partial charge in [-0.3, -0.25) is 0 Å². The van der Waals surface area contributed by atoms with Gasteiger partial charge in [0.05, 0.1) is 12.3 Å². The Labute approximate surface area is 127 Å². The Balaban J connectivity index is 1.93. The molecule has 21 heavy (non-hydrogen) atoms. The largest absolute Gasteiger partial charge is 0.476 e. The van der Waals surface area contributed by atoms with Gasteiger partial charge in [-0.15, -0.1) is 0 Å². The standard InChI is InChI=1S/C16H28N4O/c1-4-11-21-15-13(17)5-6-14(19-15)18-12-16(2)7-9-20(3)10-8-16/h5-6H,4,7-12,17H2,1-3H3,(H,18,19). The summed E-state index contributed by atoms with van der Waals surface area (Å²) in [6, 6.07) is 3.78. The second-order valence-electron chi connectivity index (χ2n) is 6.41. The predicted molar refractivity (Wildman–Crippen MR) is 87.8 cm³/mol. The molecular weight excluding hydrogens is 264 g/mol. The zero-order valence-corrected chi connectivity index (χ0v) is 13.5. The summed E-state index contributed by atoms with van der Waals surface area (Å²) in [6.07, 6.45) is 3.37. The van der Waals surface area contributed by atoms with Crippen molar-refractivity contribution in [3.05, 3.63) is 12.1 Å². The van der Waals surface area contributed by atoms with Gasteiger partial charge in [-0.05, 0) is 56.9 Å². The molecule has 0 aliphatic carbocycles. The first-order chi connectivity index (χ1) is 10.0. The van der Waals surface area contributed by atoms with E-state index in [-0.39, 0.29) is 0 Å². The zero-order valence-electron chi connectivity index (χ0n) is 13.5. The maximum atomic E-state index is 5.89. The third-order valence-electron chi connectivity index (χ3n) is 4.22. The Bertz CT molecular complexity index is 456. The monoisotopic (exact) mass is 292 g/mol. The van der Waals surface area contributed by atoms with Crippen LogP contribution < -0.4 is 15.8 Å². The van der Waals surface area contributed by atoms with Gasteiger partial charge in [0, 0.05) is 6.54 Å². The fourth-order valence-corrected chi connectivity index (χ4v) is 2.50. The molecule has 0 saturated carbocycles. The van der Waals surface area contributed by atoms with E-state index in [1.807, 2.05) is 12.1 Å². The molecule has 0 radical (unpaired) electrons. The van der Waals surface area contributed by atoms with E-state index in [1.165, 1.54) is 12.8 Å². The van der Waals surface area contributed by atoms with Crippen molar-refractivity contribution in [3.8, 4) is 5.88 Å². The first kappa shape index (κ1) is 15.9. The minimum absolute atomic E-state index is 0.333. The number of nitrogens with zero attached hydrogens (tertiary/aromatic N) is 2. The number of nitrogens with one attached hydrogen (secondary N) is 1. The molecule has 0 amide bonds. The number of ether oxygens (including phenoxy) is 1. The van der Waals surface area contributed by atoms with Crippen molar-refractivity contribution in [1.29, 1.82) is 0 Å². The van der Waals surface area contributed by atoms with Gasteiger partial charge in [0.1, 0.15) is 5.82 Å². The summed E-state index contributed by atoms with van der Waals surface area (Å²) in [7, 11) is 2.19. The van der Waals surface area contributed by atoms with E-state index < -0.39 is 0 Å². The van der Waals surface area contributed by atoms with Crippen molar-refractivity contribution in [3.63, 3.8) is 0 Å². The van der Waals surface area contributed by atoms with Crippen LogP contribution in [0.15, 0.2) is 12.1 Å². The molecule has 0 aromatic carbocycles. The number of hydrogen-bond acceptors (Lipinski definition) is 5. The molecule has 0 unspecified atom stereocenters. The second kappa shape index (κ2) is 6.98. The van der Waals surface area contributed by atoms with E-state index in [2.05, 4.69) is 36.1 Å². The third kappa shape index (κ3) is 4.49. The second-order valence-corrected chi connectivity index (χ2v) is 6.41. The molecule has 5 heteroatoms. The lowest BCUT2D eigenvalue weighted by Gasteiger charge is -2.38. The lowest BCUT2D eigenvalue weighted by molar-refractivity contribution is 0.150. The van der Waals surface area contributed by atoms with E-state index in [1.54, 1.807) is 0 Å². The average molecular weight is 292 g/mol. The van der Waals surface area contributed by atoms with Crippen LogP contribution in [0.1, 0.15) is 33.1 Å². The van der Waals surface area contributed by atoms with Crippen LogP contribution in [-0.4, -0.2) is 43.2 Å². The van der Waals surface area contributed by atoms with E-state index >= 15 is 0 Å². The van der Waals surface area contributed by atoms with Crippen molar-refractivity contribution < 1.29 is 4.74 Å². The number of likely N-dealkylation sites (tertiary alicyclic amines) is 1. The Morgan fingerprint density at radius 3 is 2.76 bits per heavy atom. The van der Waals surface area contributed by atoms with E-state index in [0.717, 1.165) is 31.9 Å². The topological polar surface area (TPSA) is 63.4 Å². The fraction of sp³-hybridized carbons (Fsp3) is 0.688. The number of pyridine rings is 1. The molecule has 1 aromatic heterocycles. The summed E-state index contributed by atoms with van der Waals surface area (Å²) in [5.74, 6) is 1.38. The Morgan fingerprint density at radius 2 is 2.10 bits per heavy atom. The lowest BCUT2D eigenvalue weighted by atomic mass is 9.80. The number of piperidine rings is 1. The van der Waals surface area contributed by atoms with Crippen LogP contribution in [0, 0.1) is 5.41 Å². The van der Waals surface area contributed by atoms with Crippen LogP contribution >= 0.6 is 0 Å². The number of nitrogen functional groups attached to an aromatic ring is 1. The fourth-order valence-electron chi connectivity index (χ4n) is 2.50. The summed E-state index contributed by atoms with van der Waals surface area (Å²) in [4.78, 5) is 6.86. The van der Waals surface area contributed by atoms with E-state index in [0.29, 0.717) is 23.6 Å². The first-order valence-electron chi connectivity index (χ1n) is 7.84. The normalized spacial score (nSPS) is 18.4. The van der Waals surface area contributed by atoms with E-state index in [4.69, 9.17) is 10.5 Å². The van der Waals surface area contributed by atoms with Crippen molar-refractivity contribution in [1.82, 2.24) is 9.88 Å². The van der Waals surface area contributed by atoms with Crippen LogP contribution in [0.3, 0.4) is 0 Å². The maximum Gasteiger partial charge on any atom is 0.239 e. The number of rotatable bonds is 6. The van der Waals surface area contributed by atoms with Gasteiger partial charge in [-0.25, -0.2) is 0 Å². The number of aromatic nitrogens is 1. The van der Waals surface area contributed by atoms with Crippen LogP contribution in [0.2, 0.25) is 0 Å². The SMILES string of the molecule is CCCOc1nc(NCC2(C)CCN(C)CC2)ccc1N. The lowest BCUT2D eigenvalue weighted by Crippen LogP contribution is -2.40. The van der Waals surface area contributed by atoms with Gasteiger partial charge in [-0.2, -0.15) is 4.98 Å². The highest BCUT2D eigenvalue weighted by Crippen LogP contribution is 2.31. The van der Waals surface area contributed by atoms with Gasteiger partial charge in [0.2, 0.25) is 5.88 Å². The summed E-state index contributed by atoms with van der Waals surface area (Å²) in [5, 5.41) is 3.45. The predicted octanol–water partition coefficient (Wildman–Crippen LogP) is 2.60. The molecule has 2 heterocycles. The maximum absolute atomic E-state index is 5.89. The molecule has 1 aromatic rings. The molecule has 118 valence electrons. The molecule has 3 N–H and O–H groups in total. The van der Waals surface area contributed by atoms with Crippen LogP contribution in [0.4, 0.5) is 11.5 Å². The van der Waals surface area contributed by atoms with Gasteiger partial charge < -0.3 is 20.7 Å². The highest BCUT2D eigenvalue weighted by molar-refractivity contribution is 5.53. The van der Waals surface area contributed by atoms with Crippen molar-refractivity contribution >= 4 is 11.5 Å². The van der Waals surface area contributed by atoms with Gasteiger partial charge in [-0.1, -0.05) is 13.8 Å². The summed E-state index contributed by atoms with van der Waals surface area (Å²) >= 11 is 0. The quantitative estimate of drug-likeness (QED) is 0.844. The van der Waals surface area contributed by atoms with E-state index in [9.17, 15) is 0 Å². The number of nitrogens with two attached hydrogens (primary N) is 1. The Morgan fingerprint density at radius 1 is 1.38 bits per heavy atom. The van der Waals surface area contributed by atoms with Crippen LogP contribution in [0.5, 0.6) is 5.88 Å². The molecule has 2 rings (SSSR count). The highest BCUT2D eigenvalue weighted by Gasteiger charge is 2.28. The Hall–Kier alpha value is -1.49. The minimum Gasteiger partial charge on any atom is -0.476 e. The first-order valence-corrected chi connectivity index (χ1v) is 7.84. The summed E-state index contributed by atoms with van der Waals surface area (Å²) < 4.78 is 5.57. The summed E-state index contributed by atoms with van der Waals surface area (Å²) in [5.41, 5.74) is 6.82. The molecule has 1 fully saturated rings. The van der Waals surface area contributed by atoms with Crippen molar-refractivity contribution in [2.75, 3.05) is 44.3 Å². The smallest absolute Gasteiger partial charge is 0.239 e. The van der Waals surface area contributed by atoms with Crippen LogP contribution in [0.25, 0.3) is 0 Å². The summed E-state index contributed by atoms with van der Waals surface area (Å²) in [6.45, 7) is 8.32. The van der Waals surface area contributed by atoms with Gasteiger partial charge in [0.25, 0.3) is 0 Å². The minimum atomic E-state index is 0.333. The highest BCUT2D eigenvalue weighted by atomic mass is 16.5. The number of hydrogen-bond donors (Lipinski definition) is 2. The molecule has 1 aliphatic heterocycles. The van der Waals surface area contributed by atoms with Crippen molar-refractivity contribution in [2.24, 2.45) is 5.41 Å². The van der Waals surface area contributed by atoms with Gasteiger partial charge >= 0.3 is 0 Å². The molecule has 1 saturated heterocycles. The zero-order chi connectivity index (χ0) is 15.3. The third-order valence-corrected chi connectivity index (χ3v) is 4.22. The average Bonchev–Trinajstić information content (AvgIpc) is 2.48. The molecular formula is C16H28N4O. The van der Waals surface area contributed by atoms with Crippen molar-refractivity contribution in [2.45, 2.75) is 33.1 Å². The van der Waals surface area contributed by atoms with Crippen LogP contribution in [-0.2, 0) is 0 Å². The molecule has 0 spiro atoms. The molecule has 0 bridgehead atoms. The molecule has 1 aliphatic rings. The molecule has 0 atom stereocenters.